The third kappa shape index (κ3) is 6.14. The van der Waals surface area contributed by atoms with Gasteiger partial charge in [0.1, 0.15) is 0 Å². The molecule has 22 heavy (non-hydrogen) atoms. The van der Waals surface area contributed by atoms with Gasteiger partial charge in [0.2, 0.25) is 0 Å². The number of rotatable bonds is 4. The van der Waals surface area contributed by atoms with E-state index in [0.29, 0.717) is 22.3 Å². The Balaban J connectivity index is 0.000000235. The molecule has 3 N–H and O–H groups in total. The van der Waals surface area contributed by atoms with Crippen molar-refractivity contribution in [3.8, 4) is 0 Å². The lowest BCUT2D eigenvalue weighted by Gasteiger charge is -2.22. The monoisotopic (exact) mass is 340 g/mol. The fourth-order valence-electron chi connectivity index (χ4n) is 1.92. The van der Waals surface area contributed by atoms with Crippen LogP contribution in [-0.2, 0) is 0 Å². The molecule has 120 valence electrons. The van der Waals surface area contributed by atoms with Gasteiger partial charge >= 0.3 is 0 Å². The predicted molar refractivity (Wildman–Crippen MR) is 97.0 cm³/mol. The molecular weight excluding hydrogens is 319 g/mol. The number of nitrogen functional groups attached to an aromatic ring is 1. The molecular formula is C17H22Cl2N2O. The second-order valence-electron chi connectivity index (χ2n) is 4.81. The number of likely N-dealkylation sites (N-methyl/N-ethyl adjacent to an activating group) is 1. The van der Waals surface area contributed by atoms with E-state index in [-0.39, 0.29) is 6.61 Å². The van der Waals surface area contributed by atoms with E-state index in [4.69, 9.17) is 34.0 Å². The molecule has 2 aromatic carbocycles. The van der Waals surface area contributed by atoms with Gasteiger partial charge in [-0.1, -0.05) is 35.3 Å². The van der Waals surface area contributed by atoms with Gasteiger partial charge in [-0.05, 0) is 49.7 Å². The van der Waals surface area contributed by atoms with E-state index in [0.717, 1.165) is 6.54 Å². The van der Waals surface area contributed by atoms with Crippen LogP contribution >= 0.6 is 23.2 Å². The maximum atomic E-state index is 8.86. The number of hydrogen-bond donors (Lipinski definition) is 2. The van der Waals surface area contributed by atoms with Crippen LogP contribution in [0.25, 0.3) is 0 Å². The first kappa shape index (κ1) is 18.6. The summed E-state index contributed by atoms with van der Waals surface area (Å²) in [5, 5.41) is 9.96. The third-order valence-electron chi connectivity index (χ3n) is 3.08. The first-order chi connectivity index (χ1) is 10.5. The van der Waals surface area contributed by atoms with Crippen molar-refractivity contribution in [1.82, 2.24) is 0 Å². The summed E-state index contributed by atoms with van der Waals surface area (Å²) in [7, 11) is 0. The molecule has 0 spiro atoms. The lowest BCUT2D eigenvalue weighted by Crippen LogP contribution is -2.26. The zero-order valence-electron chi connectivity index (χ0n) is 12.9. The van der Waals surface area contributed by atoms with Crippen LogP contribution in [-0.4, -0.2) is 24.8 Å². The van der Waals surface area contributed by atoms with E-state index in [1.165, 1.54) is 11.3 Å². The minimum absolute atomic E-state index is 0.210. The van der Waals surface area contributed by atoms with Gasteiger partial charge < -0.3 is 15.7 Å². The SMILES string of the molecule is CCN(CCO)c1cccc(C)c1.Nc1ccc(Cl)cc1Cl. The van der Waals surface area contributed by atoms with Crippen LogP contribution in [0.15, 0.2) is 42.5 Å². The molecule has 0 amide bonds. The quantitative estimate of drug-likeness (QED) is 0.811. The molecule has 0 unspecified atom stereocenters. The fourth-order valence-corrected chi connectivity index (χ4v) is 2.33. The maximum absolute atomic E-state index is 8.86. The lowest BCUT2D eigenvalue weighted by molar-refractivity contribution is 0.302. The number of nitrogens with zero attached hydrogens (tertiary/aromatic N) is 1. The Morgan fingerprint density at radius 1 is 1.14 bits per heavy atom. The molecule has 2 aromatic rings. The molecule has 0 bridgehead atoms. The Bertz CT molecular complexity index is 591. The van der Waals surface area contributed by atoms with E-state index in [2.05, 4.69) is 36.9 Å². The maximum Gasteiger partial charge on any atom is 0.0650 e. The standard InChI is InChI=1S/C11H17NO.C6H5Cl2N/c1-3-12(7-8-13)11-6-4-5-10(2)9-11;7-4-1-2-6(9)5(8)3-4/h4-6,9,13H,3,7-8H2,1-2H3;1-3H,9H2. The summed E-state index contributed by atoms with van der Waals surface area (Å²) in [6.07, 6.45) is 0. The summed E-state index contributed by atoms with van der Waals surface area (Å²) in [6, 6.07) is 13.3. The van der Waals surface area contributed by atoms with Crippen molar-refractivity contribution in [2.75, 3.05) is 30.3 Å². The van der Waals surface area contributed by atoms with Gasteiger partial charge in [-0.15, -0.1) is 0 Å². The normalized spacial score (nSPS) is 9.86. The van der Waals surface area contributed by atoms with E-state index in [1.807, 2.05) is 6.07 Å². The van der Waals surface area contributed by atoms with Gasteiger partial charge in [-0.3, -0.25) is 0 Å². The number of halogens is 2. The summed E-state index contributed by atoms with van der Waals surface area (Å²) in [5.41, 5.74) is 8.40. The number of benzene rings is 2. The number of aliphatic hydroxyl groups is 1. The number of aryl methyl sites for hydroxylation is 1. The van der Waals surface area contributed by atoms with Crippen LogP contribution in [0.4, 0.5) is 11.4 Å². The third-order valence-corrected chi connectivity index (χ3v) is 3.64. The Morgan fingerprint density at radius 2 is 1.86 bits per heavy atom. The minimum atomic E-state index is 0.210. The Kier molecular flexibility index (Phi) is 8.10. The van der Waals surface area contributed by atoms with Crippen LogP contribution in [0.5, 0.6) is 0 Å². The largest absolute Gasteiger partial charge is 0.398 e. The van der Waals surface area contributed by atoms with Gasteiger partial charge in [0.25, 0.3) is 0 Å². The van der Waals surface area contributed by atoms with Gasteiger partial charge in [-0.2, -0.15) is 0 Å². The highest BCUT2D eigenvalue weighted by atomic mass is 35.5. The van der Waals surface area contributed by atoms with Gasteiger partial charge in [-0.25, -0.2) is 0 Å². The number of aliphatic hydroxyl groups excluding tert-OH is 1. The second kappa shape index (κ2) is 9.57. The van der Waals surface area contributed by atoms with E-state index < -0.39 is 0 Å². The molecule has 0 aliphatic heterocycles. The van der Waals surface area contributed by atoms with Crippen molar-refractivity contribution in [3.05, 3.63) is 58.1 Å². The van der Waals surface area contributed by atoms with Crippen molar-refractivity contribution in [2.45, 2.75) is 13.8 Å². The molecule has 0 saturated heterocycles. The molecule has 5 heteroatoms. The zero-order chi connectivity index (χ0) is 16.5. The highest BCUT2D eigenvalue weighted by Crippen LogP contribution is 2.21. The van der Waals surface area contributed by atoms with Gasteiger partial charge in [0, 0.05) is 23.8 Å². The van der Waals surface area contributed by atoms with Crippen molar-refractivity contribution in [1.29, 1.82) is 0 Å². The van der Waals surface area contributed by atoms with Crippen molar-refractivity contribution in [2.24, 2.45) is 0 Å². The fraction of sp³-hybridized carbons (Fsp3) is 0.294. The highest BCUT2D eigenvalue weighted by molar-refractivity contribution is 6.36. The molecule has 0 radical (unpaired) electrons. The average Bonchev–Trinajstić information content (AvgIpc) is 2.49. The molecule has 2 rings (SSSR count). The van der Waals surface area contributed by atoms with E-state index in [1.54, 1.807) is 18.2 Å². The molecule has 0 fully saturated rings. The molecule has 0 atom stereocenters. The van der Waals surface area contributed by atoms with E-state index in [9.17, 15) is 0 Å². The molecule has 0 aliphatic rings. The second-order valence-corrected chi connectivity index (χ2v) is 5.65. The van der Waals surface area contributed by atoms with Crippen LogP contribution in [0, 0.1) is 6.92 Å². The van der Waals surface area contributed by atoms with Gasteiger partial charge in [0.05, 0.1) is 17.3 Å². The van der Waals surface area contributed by atoms with Crippen molar-refractivity contribution in [3.63, 3.8) is 0 Å². The molecule has 0 aliphatic carbocycles. The summed E-state index contributed by atoms with van der Waals surface area (Å²) < 4.78 is 0. The smallest absolute Gasteiger partial charge is 0.0650 e. The summed E-state index contributed by atoms with van der Waals surface area (Å²) in [4.78, 5) is 2.16. The highest BCUT2D eigenvalue weighted by Gasteiger charge is 2.02. The van der Waals surface area contributed by atoms with Crippen LogP contribution in [0.2, 0.25) is 10.0 Å². The van der Waals surface area contributed by atoms with E-state index >= 15 is 0 Å². The Labute approximate surface area is 142 Å². The van der Waals surface area contributed by atoms with Crippen LogP contribution in [0.3, 0.4) is 0 Å². The number of anilines is 2. The van der Waals surface area contributed by atoms with Crippen LogP contribution in [0.1, 0.15) is 12.5 Å². The molecule has 0 aromatic heterocycles. The van der Waals surface area contributed by atoms with Crippen molar-refractivity contribution >= 4 is 34.6 Å². The lowest BCUT2D eigenvalue weighted by atomic mass is 10.2. The predicted octanol–water partition coefficient (Wildman–Crippen LogP) is 4.39. The molecule has 0 heterocycles. The average molecular weight is 341 g/mol. The first-order valence-corrected chi connectivity index (χ1v) is 7.86. The summed E-state index contributed by atoms with van der Waals surface area (Å²) in [6.45, 7) is 6.03. The summed E-state index contributed by atoms with van der Waals surface area (Å²) >= 11 is 11.2. The number of nitrogens with two attached hydrogens (primary N) is 1. The summed E-state index contributed by atoms with van der Waals surface area (Å²) in [5.74, 6) is 0. The molecule has 3 nitrogen and oxygen atoms in total. The molecule has 0 saturated carbocycles. The van der Waals surface area contributed by atoms with Gasteiger partial charge in [0.15, 0.2) is 0 Å². The topological polar surface area (TPSA) is 49.5 Å². The van der Waals surface area contributed by atoms with Crippen LogP contribution < -0.4 is 10.6 Å². The Morgan fingerprint density at radius 3 is 2.36 bits per heavy atom. The zero-order valence-corrected chi connectivity index (χ0v) is 14.4. The number of hydrogen-bond acceptors (Lipinski definition) is 3. The minimum Gasteiger partial charge on any atom is -0.398 e. The van der Waals surface area contributed by atoms with Crippen molar-refractivity contribution < 1.29 is 5.11 Å². The first-order valence-electron chi connectivity index (χ1n) is 7.11. The Hall–Kier alpha value is -1.42.